The van der Waals surface area contributed by atoms with Gasteiger partial charge < -0.3 is 5.32 Å². The van der Waals surface area contributed by atoms with Gasteiger partial charge in [0.25, 0.3) is 0 Å². The third-order valence-corrected chi connectivity index (χ3v) is 5.82. The fourth-order valence-corrected chi connectivity index (χ4v) is 3.54. The van der Waals surface area contributed by atoms with E-state index in [1.807, 2.05) is 26.0 Å². The van der Waals surface area contributed by atoms with Gasteiger partial charge in [-0.3, -0.25) is 4.79 Å². The normalized spacial score (nSPS) is 14.3. The van der Waals surface area contributed by atoms with E-state index in [1.54, 1.807) is 30.3 Å². The molecule has 0 spiro atoms. The molecule has 1 fully saturated rings. The zero-order valence-electron chi connectivity index (χ0n) is 14.4. The molecule has 25 heavy (non-hydrogen) atoms. The molecule has 1 amide bonds. The van der Waals surface area contributed by atoms with Gasteiger partial charge in [-0.1, -0.05) is 18.2 Å². The highest BCUT2D eigenvalue weighted by atomic mass is 32.2. The second kappa shape index (κ2) is 6.98. The number of sulfonamides is 1. The number of carbonyl (C=O) groups excluding carboxylic acids is 1. The van der Waals surface area contributed by atoms with Gasteiger partial charge in [0, 0.05) is 18.2 Å². The maximum Gasteiger partial charge on any atom is 0.240 e. The van der Waals surface area contributed by atoms with Crippen LogP contribution in [0, 0.1) is 19.8 Å². The molecular formula is C19H22N2O3S. The number of hydrogen-bond donors (Lipinski definition) is 2. The summed E-state index contributed by atoms with van der Waals surface area (Å²) in [5, 5.41) is 2.86. The number of benzene rings is 2. The molecule has 0 saturated heterocycles. The molecular weight excluding hydrogens is 336 g/mol. The predicted molar refractivity (Wildman–Crippen MR) is 97.7 cm³/mol. The van der Waals surface area contributed by atoms with E-state index >= 15 is 0 Å². The van der Waals surface area contributed by atoms with Crippen LogP contribution in [0.4, 0.5) is 5.69 Å². The lowest BCUT2D eigenvalue weighted by Crippen LogP contribution is -2.23. The summed E-state index contributed by atoms with van der Waals surface area (Å²) in [5.41, 5.74) is 3.57. The van der Waals surface area contributed by atoms with Gasteiger partial charge in [0.1, 0.15) is 0 Å². The molecule has 0 aliphatic heterocycles. The summed E-state index contributed by atoms with van der Waals surface area (Å²) in [7, 11) is -3.55. The summed E-state index contributed by atoms with van der Waals surface area (Å²) in [6, 6.07) is 12.3. The summed E-state index contributed by atoms with van der Waals surface area (Å²) >= 11 is 0. The van der Waals surface area contributed by atoms with Gasteiger partial charge in [-0.25, -0.2) is 13.1 Å². The largest absolute Gasteiger partial charge is 0.326 e. The minimum atomic E-state index is -3.55. The Kier molecular flexibility index (Phi) is 4.92. The van der Waals surface area contributed by atoms with Crippen LogP contribution < -0.4 is 10.0 Å². The van der Waals surface area contributed by atoms with Crippen molar-refractivity contribution < 1.29 is 13.2 Å². The van der Waals surface area contributed by atoms with Crippen molar-refractivity contribution in [3.63, 3.8) is 0 Å². The lowest BCUT2D eigenvalue weighted by molar-refractivity contribution is -0.117. The van der Waals surface area contributed by atoms with Crippen molar-refractivity contribution in [1.29, 1.82) is 0 Å². The molecule has 132 valence electrons. The van der Waals surface area contributed by atoms with E-state index in [0.717, 1.165) is 35.2 Å². The second-order valence-electron chi connectivity index (χ2n) is 6.53. The minimum Gasteiger partial charge on any atom is -0.326 e. The highest BCUT2D eigenvalue weighted by Gasteiger charge is 2.29. The van der Waals surface area contributed by atoms with Crippen LogP contribution in [0.2, 0.25) is 0 Å². The third-order valence-electron chi connectivity index (χ3n) is 4.42. The van der Waals surface area contributed by atoms with Crippen LogP contribution in [-0.2, 0) is 21.4 Å². The SMILES string of the molecule is Cc1ccc(S(=O)(=O)NCc2ccc(NC(=O)C3CC3)cc2)cc1C. The van der Waals surface area contributed by atoms with Crippen molar-refractivity contribution in [3.05, 3.63) is 59.2 Å². The monoisotopic (exact) mass is 358 g/mol. The Labute approximate surface area is 148 Å². The molecule has 0 atom stereocenters. The smallest absolute Gasteiger partial charge is 0.240 e. The Morgan fingerprint density at radius 1 is 1.04 bits per heavy atom. The van der Waals surface area contributed by atoms with Crippen LogP contribution >= 0.6 is 0 Å². The predicted octanol–water partition coefficient (Wildman–Crippen LogP) is 3.13. The van der Waals surface area contributed by atoms with E-state index < -0.39 is 10.0 Å². The number of amides is 1. The first-order valence-corrected chi connectivity index (χ1v) is 9.80. The van der Waals surface area contributed by atoms with E-state index in [4.69, 9.17) is 0 Å². The summed E-state index contributed by atoms with van der Waals surface area (Å²) in [4.78, 5) is 12.0. The average Bonchev–Trinajstić information content (AvgIpc) is 3.42. The Morgan fingerprint density at radius 3 is 2.32 bits per heavy atom. The van der Waals surface area contributed by atoms with Crippen molar-refractivity contribution >= 4 is 21.6 Å². The van der Waals surface area contributed by atoms with Crippen LogP contribution in [0.1, 0.15) is 29.5 Å². The molecule has 0 bridgehead atoms. The number of anilines is 1. The molecule has 2 aromatic rings. The summed E-state index contributed by atoms with van der Waals surface area (Å²) < 4.78 is 27.4. The van der Waals surface area contributed by atoms with Crippen LogP contribution in [0.15, 0.2) is 47.4 Å². The summed E-state index contributed by atoms with van der Waals surface area (Å²) in [5.74, 6) is 0.215. The van der Waals surface area contributed by atoms with Crippen LogP contribution in [0.25, 0.3) is 0 Å². The quantitative estimate of drug-likeness (QED) is 0.833. The van der Waals surface area contributed by atoms with Crippen molar-refractivity contribution in [1.82, 2.24) is 4.72 Å². The fraction of sp³-hybridized carbons (Fsp3) is 0.316. The van der Waals surface area contributed by atoms with Gasteiger partial charge in [-0.2, -0.15) is 0 Å². The number of aryl methyl sites for hydroxylation is 2. The fourth-order valence-electron chi connectivity index (χ4n) is 2.44. The number of hydrogen-bond acceptors (Lipinski definition) is 3. The first-order valence-electron chi connectivity index (χ1n) is 8.32. The number of carbonyl (C=O) groups is 1. The summed E-state index contributed by atoms with van der Waals surface area (Å²) in [6.45, 7) is 4.04. The topological polar surface area (TPSA) is 75.3 Å². The van der Waals surface area contributed by atoms with Crippen molar-refractivity contribution in [2.45, 2.75) is 38.1 Å². The highest BCUT2D eigenvalue weighted by molar-refractivity contribution is 7.89. The van der Waals surface area contributed by atoms with E-state index in [2.05, 4.69) is 10.0 Å². The highest BCUT2D eigenvalue weighted by Crippen LogP contribution is 2.30. The van der Waals surface area contributed by atoms with E-state index in [-0.39, 0.29) is 23.3 Å². The van der Waals surface area contributed by atoms with Crippen LogP contribution in [0.5, 0.6) is 0 Å². The molecule has 2 aromatic carbocycles. The number of nitrogens with one attached hydrogen (secondary N) is 2. The minimum absolute atomic E-state index is 0.0585. The molecule has 2 N–H and O–H groups in total. The molecule has 0 radical (unpaired) electrons. The van der Waals surface area contributed by atoms with E-state index in [0.29, 0.717) is 0 Å². The zero-order chi connectivity index (χ0) is 18.0. The third kappa shape index (κ3) is 4.46. The lowest BCUT2D eigenvalue weighted by atomic mass is 10.1. The first-order chi connectivity index (χ1) is 11.8. The molecule has 0 unspecified atom stereocenters. The van der Waals surface area contributed by atoms with Crippen molar-refractivity contribution in [3.8, 4) is 0 Å². The van der Waals surface area contributed by atoms with Gasteiger partial charge in [0.2, 0.25) is 15.9 Å². The first kappa shape index (κ1) is 17.6. The maximum atomic E-state index is 12.4. The molecule has 1 saturated carbocycles. The lowest BCUT2D eigenvalue weighted by Gasteiger charge is -2.10. The Bertz CT molecular complexity index is 885. The maximum absolute atomic E-state index is 12.4. The summed E-state index contributed by atoms with van der Waals surface area (Å²) in [6.07, 6.45) is 1.92. The van der Waals surface area contributed by atoms with Gasteiger partial charge >= 0.3 is 0 Å². The molecule has 6 heteroatoms. The molecule has 5 nitrogen and oxygen atoms in total. The number of rotatable bonds is 6. The van der Waals surface area contributed by atoms with E-state index in [9.17, 15) is 13.2 Å². The van der Waals surface area contributed by atoms with Crippen molar-refractivity contribution in [2.24, 2.45) is 5.92 Å². The molecule has 0 aromatic heterocycles. The van der Waals surface area contributed by atoms with Gasteiger partial charge in [-0.05, 0) is 67.6 Å². The standard InChI is InChI=1S/C19H22N2O3S/c1-13-3-10-18(11-14(13)2)25(23,24)20-12-15-4-8-17(9-5-15)21-19(22)16-6-7-16/h3-5,8-11,16,20H,6-7,12H2,1-2H3,(H,21,22). The van der Waals surface area contributed by atoms with Crippen molar-refractivity contribution in [2.75, 3.05) is 5.32 Å². The molecule has 1 aliphatic rings. The zero-order valence-corrected chi connectivity index (χ0v) is 15.2. The Hall–Kier alpha value is -2.18. The van der Waals surface area contributed by atoms with Crippen LogP contribution in [0.3, 0.4) is 0 Å². The average molecular weight is 358 g/mol. The van der Waals surface area contributed by atoms with E-state index in [1.165, 1.54) is 0 Å². The van der Waals surface area contributed by atoms with Crippen LogP contribution in [-0.4, -0.2) is 14.3 Å². The Morgan fingerprint density at radius 2 is 1.72 bits per heavy atom. The molecule has 3 rings (SSSR count). The van der Waals surface area contributed by atoms with Gasteiger partial charge in [0.15, 0.2) is 0 Å². The van der Waals surface area contributed by atoms with Gasteiger partial charge in [-0.15, -0.1) is 0 Å². The Balaban J connectivity index is 1.62. The van der Waals surface area contributed by atoms with Gasteiger partial charge in [0.05, 0.1) is 4.90 Å². The molecule has 1 aliphatic carbocycles. The molecule has 0 heterocycles. The second-order valence-corrected chi connectivity index (χ2v) is 8.30.